The van der Waals surface area contributed by atoms with Crippen molar-refractivity contribution in [2.45, 2.75) is 0 Å². The number of fused-ring (bicyclic) bond motifs is 7. The van der Waals surface area contributed by atoms with E-state index in [0.717, 1.165) is 68.2 Å². The van der Waals surface area contributed by atoms with Crippen molar-refractivity contribution in [3.8, 4) is 34.1 Å². The molecule has 0 aliphatic carbocycles. The Morgan fingerprint density at radius 2 is 1.11 bits per heavy atom. The molecular weight excluding hydrogens is 675 g/mol. The Morgan fingerprint density at radius 1 is 0.455 bits per heavy atom. The van der Waals surface area contributed by atoms with E-state index < -0.39 is 0 Å². The average Bonchev–Trinajstić information content (AvgIpc) is 3.88. The van der Waals surface area contributed by atoms with E-state index in [1.807, 2.05) is 12.3 Å². The zero-order valence-corrected chi connectivity index (χ0v) is 30.2. The Labute approximate surface area is 318 Å². The minimum Gasteiger partial charge on any atom is -0.457 e. The molecule has 0 spiro atoms. The van der Waals surface area contributed by atoms with Gasteiger partial charge in [0, 0.05) is 64.4 Å². The van der Waals surface area contributed by atoms with Crippen LogP contribution in [0.2, 0.25) is 0 Å². The number of ether oxygens (including phenoxy) is 1. The Balaban J connectivity index is 0.987. The van der Waals surface area contributed by atoms with Crippen molar-refractivity contribution in [2.75, 3.05) is 23.5 Å². The monoisotopic (exact) mass is 709 g/mol. The van der Waals surface area contributed by atoms with E-state index in [0.29, 0.717) is 0 Å². The summed E-state index contributed by atoms with van der Waals surface area (Å²) in [6.07, 6.45) is 2.02. The summed E-state index contributed by atoms with van der Waals surface area (Å²) < 4.78 is 11.3. The molecule has 0 saturated heterocycles. The minimum absolute atomic E-state index is 0.754. The molecule has 7 aromatic carbocycles. The first-order valence-electron chi connectivity index (χ1n) is 18.6. The van der Waals surface area contributed by atoms with E-state index >= 15 is 0 Å². The Hall–Kier alpha value is -7.31. The van der Waals surface area contributed by atoms with Crippen molar-refractivity contribution in [3.05, 3.63) is 182 Å². The number of anilines is 3. The van der Waals surface area contributed by atoms with E-state index in [1.54, 1.807) is 0 Å². The standard InChI is InChI=1S/C49H35N5O/c1-51-32-52(45-26-23-34(27-48(45)51)33-13-4-2-5-14-33)36-17-12-18-37(28-36)55-38-24-25-41-39-19-8-11-22-44(39)54(46(41)29-38)49-30-47-42(31-50-49)40-20-9-10-21-43(40)53(47)35-15-6-3-7-16-35/h2-31H,32H2,1H3. The molecule has 0 N–H and O–H groups in total. The largest absolute Gasteiger partial charge is 0.457 e. The Morgan fingerprint density at radius 3 is 1.93 bits per heavy atom. The van der Waals surface area contributed by atoms with Crippen molar-refractivity contribution in [2.24, 2.45) is 0 Å². The van der Waals surface area contributed by atoms with Gasteiger partial charge in [-0.2, -0.15) is 0 Å². The van der Waals surface area contributed by atoms with Gasteiger partial charge in [-0.3, -0.25) is 4.57 Å². The van der Waals surface area contributed by atoms with E-state index in [4.69, 9.17) is 9.72 Å². The molecule has 6 nitrogen and oxygen atoms in total. The van der Waals surface area contributed by atoms with Crippen molar-refractivity contribution in [3.63, 3.8) is 0 Å². The van der Waals surface area contributed by atoms with E-state index in [9.17, 15) is 0 Å². The lowest BCUT2D eigenvalue weighted by Gasteiger charge is -2.20. The van der Waals surface area contributed by atoms with Crippen LogP contribution in [0.15, 0.2) is 182 Å². The van der Waals surface area contributed by atoms with Gasteiger partial charge in [0.15, 0.2) is 0 Å². The highest BCUT2D eigenvalue weighted by molar-refractivity contribution is 6.11. The number of nitrogens with zero attached hydrogens (tertiary/aromatic N) is 5. The third-order valence-corrected chi connectivity index (χ3v) is 10.9. The third kappa shape index (κ3) is 5.06. The average molecular weight is 710 g/mol. The van der Waals surface area contributed by atoms with Crippen LogP contribution in [-0.2, 0) is 0 Å². The molecule has 10 aromatic rings. The van der Waals surface area contributed by atoms with Crippen molar-refractivity contribution in [1.29, 1.82) is 0 Å². The first-order chi connectivity index (χ1) is 27.2. The first-order valence-corrected chi connectivity index (χ1v) is 18.6. The van der Waals surface area contributed by atoms with Crippen LogP contribution in [0.5, 0.6) is 11.5 Å². The van der Waals surface area contributed by atoms with Crippen molar-refractivity contribution < 1.29 is 4.74 Å². The molecule has 6 heteroatoms. The lowest BCUT2D eigenvalue weighted by molar-refractivity contribution is 0.483. The predicted octanol–water partition coefficient (Wildman–Crippen LogP) is 12.3. The number of aromatic nitrogens is 3. The molecular formula is C49H35N5O. The van der Waals surface area contributed by atoms with Crippen molar-refractivity contribution >= 4 is 60.7 Å². The molecule has 4 heterocycles. The molecule has 0 bridgehead atoms. The fourth-order valence-electron chi connectivity index (χ4n) is 8.39. The molecule has 262 valence electrons. The van der Waals surface area contributed by atoms with Gasteiger partial charge < -0.3 is 19.1 Å². The van der Waals surface area contributed by atoms with Crippen molar-refractivity contribution in [1.82, 2.24) is 14.1 Å². The van der Waals surface area contributed by atoms with Gasteiger partial charge in [-0.25, -0.2) is 4.98 Å². The summed E-state index contributed by atoms with van der Waals surface area (Å²) in [7, 11) is 2.15. The van der Waals surface area contributed by atoms with Gasteiger partial charge in [0.25, 0.3) is 0 Å². The fraction of sp³-hybridized carbons (Fsp3) is 0.0408. The van der Waals surface area contributed by atoms with Gasteiger partial charge in [0.05, 0.1) is 40.1 Å². The van der Waals surface area contributed by atoms with Crippen LogP contribution in [0.4, 0.5) is 17.1 Å². The summed E-state index contributed by atoms with van der Waals surface area (Å²) in [4.78, 5) is 9.76. The van der Waals surface area contributed by atoms with Gasteiger partial charge in [0.2, 0.25) is 0 Å². The number of pyridine rings is 1. The van der Waals surface area contributed by atoms with E-state index in [2.05, 4.69) is 196 Å². The van der Waals surface area contributed by atoms with Gasteiger partial charge in [-0.05, 0) is 71.8 Å². The summed E-state index contributed by atoms with van der Waals surface area (Å²) in [5.74, 6) is 2.40. The molecule has 1 aliphatic heterocycles. The fourth-order valence-corrected chi connectivity index (χ4v) is 8.39. The zero-order valence-electron chi connectivity index (χ0n) is 30.2. The molecule has 0 saturated carbocycles. The molecule has 0 atom stereocenters. The highest BCUT2D eigenvalue weighted by atomic mass is 16.5. The van der Waals surface area contributed by atoms with Gasteiger partial charge in [0.1, 0.15) is 17.3 Å². The highest BCUT2D eigenvalue weighted by Gasteiger charge is 2.25. The van der Waals surface area contributed by atoms with E-state index in [1.165, 1.54) is 33.3 Å². The molecule has 11 rings (SSSR count). The molecule has 0 radical (unpaired) electrons. The molecule has 55 heavy (non-hydrogen) atoms. The van der Waals surface area contributed by atoms with Crippen LogP contribution >= 0.6 is 0 Å². The number of rotatable bonds is 6. The van der Waals surface area contributed by atoms with Gasteiger partial charge in [-0.15, -0.1) is 0 Å². The lowest BCUT2D eigenvalue weighted by atomic mass is 10.0. The maximum Gasteiger partial charge on any atom is 0.139 e. The lowest BCUT2D eigenvalue weighted by Crippen LogP contribution is -2.23. The second kappa shape index (κ2) is 12.4. The van der Waals surface area contributed by atoms with Crippen LogP contribution in [0.3, 0.4) is 0 Å². The maximum atomic E-state index is 6.67. The molecule has 0 amide bonds. The number of hydrogen-bond donors (Lipinski definition) is 0. The second-order valence-electron chi connectivity index (χ2n) is 14.2. The number of hydrogen-bond acceptors (Lipinski definition) is 4. The predicted molar refractivity (Wildman–Crippen MR) is 227 cm³/mol. The van der Waals surface area contributed by atoms with Gasteiger partial charge >= 0.3 is 0 Å². The summed E-state index contributed by atoms with van der Waals surface area (Å²) in [6, 6.07) is 61.9. The van der Waals surface area contributed by atoms with Crippen LogP contribution in [-0.4, -0.2) is 27.8 Å². The summed E-state index contributed by atoms with van der Waals surface area (Å²) in [5.41, 5.74) is 11.4. The zero-order chi connectivity index (χ0) is 36.5. The van der Waals surface area contributed by atoms with Crippen LogP contribution < -0.4 is 14.5 Å². The summed E-state index contributed by atoms with van der Waals surface area (Å²) in [5, 5.41) is 4.62. The Kier molecular flexibility index (Phi) is 7.04. The molecule has 0 unspecified atom stereocenters. The minimum atomic E-state index is 0.754. The smallest absolute Gasteiger partial charge is 0.139 e. The topological polar surface area (TPSA) is 38.5 Å². The SMILES string of the molecule is CN1CN(c2cccc(Oc3ccc4c5ccccc5n(-c5cc6c(cn5)c5ccccc5n6-c5ccccc5)c4c3)c2)c2ccc(-c3ccccc3)cc21. The number of benzene rings is 7. The third-order valence-electron chi connectivity index (χ3n) is 10.9. The van der Waals surface area contributed by atoms with Gasteiger partial charge in [-0.1, -0.05) is 97.1 Å². The van der Waals surface area contributed by atoms with Crippen LogP contribution in [0.1, 0.15) is 0 Å². The van der Waals surface area contributed by atoms with Crippen LogP contribution in [0, 0.1) is 0 Å². The molecule has 0 fully saturated rings. The highest BCUT2D eigenvalue weighted by Crippen LogP contribution is 2.43. The first kappa shape index (κ1) is 31.2. The quantitative estimate of drug-likeness (QED) is 0.172. The molecule has 3 aromatic heterocycles. The summed E-state index contributed by atoms with van der Waals surface area (Å²) >= 11 is 0. The summed E-state index contributed by atoms with van der Waals surface area (Å²) in [6.45, 7) is 0.754. The number of para-hydroxylation sites is 3. The molecule has 1 aliphatic rings. The normalized spacial score (nSPS) is 12.7. The van der Waals surface area contributed by atoms with Crippen LogP contribution in [0.25, 0.3) is 66.2 Å². The maximum absolute atomic E-state index is 6.67. The van der Waals surface area contributed by atoms with E-state index in [-0.39, 0.29) is 0 Å². The Bertz CT molecular complexity index is 3070. The second-order valence-corrected chi connectivity index (χ2v) is 14.2.